The first-order valence-electron chi connectivity index (χ1n) is 5.85. The quantitative estimate of drug-likeness (QED) is 0.624. The van der Waals surface area contributed by atoms with Crippen LogP contribution < -0.4 is 5.32 Å². The third-order valence-corrected chi connectivity index (χ3v) is 2.86. The highest BCUT2D eigenvalue weighted by atomic mass is 35.5. The van der Waals surface area contributed by atoms with E-state index in [2.05, 4.69) is 5.32 Å². The second-order valence-corrected chi connectivity index (χ2v) is 4.48. The van der Waals surface area contributed by atoms with Gasteiger partial charge >= 0.3 is 0 Å². The zero-order chi connectivity index (χ0) is 13.5. The van der Waals surface area contributed by atoms with Crippen molar-refractivity contribution in [3.05, 3.63) is 35.4 Å². The highest BCUT2D eigenvalue weighted by molar-refractivity contribution is 6.17. The minimum atomic E-state index is -0.552. The molecule has 1 unspecified atom stereocenters. The Bertz CT molecular complexity index is 412. The van der Waals surface area contributed by atoms with E-state index >= 15 is 0 Å². The van der Waals surface area contributed by atoms with E-state index in [4.69, 9.17) is 11.6 Å². The average Bonchev–Trinajstić information content (AvgIpc) is 2.32. The van der Waals surface area contributed by atoms with Crippen molar-refractivity contribution in [1.82, 2.24) is 5.32 Å². The molecule has 100 valence electrons. The summed E-state index contributed by atoms with van der Waals surface area (Å²) in [6.07, 6.45) is 1.79. The molecule has 0 spiro atoms. The molecule has 0 bridgehead atoms. The summed E-state index contributed by atoms with van der Waals surface area (Å²) >= 11 is 5.50. The number of benzene rings is 1. The summed E-state index contributed by atoms with van der Waals surface area (Å²) in [6, 6.07) is 2.65. The molecule has 0 aliphatic carbocycles. The second-order valence-electron chi connectivity index (χ2n) is 4.10. The van der Waals surface area contributed by atoms with E-state index in [0.29, 0.717) is 18.7 Å². The van der Waals surface area contributed by atoms with Crippen LogP contribution in [-0.2, 0) is 4.79 Å². The van der Waals surface area contributed by atoms with Gasteiger partial charge in [-0.3, -0.25) is 4.79 Å². The van der Waals surface area contributed by atoms with Crippen LogP contribution in [0.25, 0.3) is 0 Å². The summed E-state index contributed by atoms with van der Waals surface area (Å²) in [7, 11) is 0. The molecular formula is C13H16ClF2NO. The van der Waals surface area contributed by atoms with Crippen LogP contribution in [0, 0.1) is 11.6 Å². The third-order valence-electron chi connectivity index (χ3n) is 2.59. The molecule has 1 N–H and O–H groups in total. The molecule has 1 atom stereocenters. The molecule has 0 aliphatic heterocycles. The SMILES string of the molecule is CC(NC(=O)CCCCCl)c1cc(F)ccc1F. The van der Waals surface area contributed by atoms with Crippen molar-refractivity contribution in [2.45, 2.75) is 32.2 Å². The molecule has 0 heterocycles. The fourth-order valence-corrected chi connectivity index (χ4v) is 1.81. The Morgan fingerprint density at radius 1 is 1.39 bits per heavy atom. The Balaban J connectivity index is 2.56. The van der Waals surface area contributed by atoms with Crippen molar-refractivity contribution in [3.63, 3.8) is 0 Å². The molecule has 1 rings (SSSR count). The van der Waals surface area contributed by atoms with Gasteiger partial charge in [0.15, 0.2) is 0 Å². The van der Waals surface area contributed by atoms with Crippen LogP contribution in [-0.4, -0.2) is 11.8 Å². The number of amides is 1. The first-order valence-corrected chi connectivity index (χ1v) is 6.38. The molecule has 1 aromatic carbocycles. The van der Waals surface area contributed by atoms with E-state index in [-0.39, 0.29) is 11.5 Å². The van der Waals surface area contributed by atoms with Crippen LogP contribution in [0.5, 0.6) is 0 Å². The van der Waals surface area contributed by atoms with Crippen molar-refractivity contribution in [2.24, 2.45) is 0 Å². The predicted octanol–water partition coefficient (Wildman–Crippen LogP) is 3.55. The number of hydrogen-bond acceptors (Lipinski definition) is 1. The number of alkyl halides is 1. The summed E-state index contributed by atoms with van der Waals surface area (Å²) in [6.45, 7) is 1.62. The van der Waals surface area contributed by atoms with Gasteiger partial charge in [0.05, 0.1) is 6.04 Å². The van der Waals surface area contributed by atoms with Gasteiger partial charge in [0, 0.05) is 17.9 Å². The topological polar surface area (TPSA) is 29.1 Å². The van der Waals surface area contributed by atoms with Crippen LogP contribution in [0.2, 0.25) is 0 Å². The van der Waals surface area contributed by atoms with Gasteiger partial charge in [-0.1, -0.05) is 0 Å². The smallest absolute Gasteiger partial charge is 0.220 e. The third kappa shape index (κ3) is 4.61. The predicted molar refractivity (Wildman–Crippen MR) is 67.5 cm³/mol. The van der Waals surface area contributed by atoms with Crippen LogP contribution in [0.1, 0.15) is 37.8 Å². The summed E-state index contributed by atoms with van der Waals surface area (Å²) < 4.78 is 26.4. The van der Waals surface area contributed by atoms with Gasteiger partial charge in [0.25, 0.3) is 0 Å². The first kappa shape index (κ1) is 14.9. The lowest BCUT2D eigenvalue weighted by Gasteiger charge is -2.15. The standard InChI is InChI=1S/C13H16ClF2NO/c1-9(17-13(18)4-2-3-7-14)11-8-10(15)5-6-12(11)16/h5-6,8-9H,2-4,7H2,1H3,(H,17,18). The van der Waals surface area contributed by atoms with Crippen LogP contribution in [0.3, 0.4) is 0 Å². The lowest BCUT2D eigenvalue weighted by molar-refractivity contribution is -0.121. The Kier molecular flexibility index (Phi) is 6.05. The maximum atomic E-state index is 13.4. The largest absolute Gasteiger partial charge is 0.349 e. The molecule has 1 aromatic rings. The number of hydrogen-bond donors (Lipinski definition) is 1. The lowest BCUT2D eigenvalue weighted by atomic mass is 10.1. The number of carbonyl (C=O) groups excluding carboxylic acids is 1. The minimum absolute atomic E-state index is 0.153. The summed E-state index contributed by atoms with van der Waals surface area (Å²) in [5, 5.41) is 2.63. The highest BCUT2D eigenvalue weighted by Crippen LogP contribution is 2.18. The molecular weight excluding hydrogens is 260 g/mol. The molecule has 5 heteroatoms. The molecule has 0 fully saturated rings. The van der Waals surface area contributed by atoms with Gasteiger partial charge < -0.3 is 5.32 Å². The normalized spacial score (nSPS) is 12.2. The maximum Gasteiger partial charge on any atom is 0.220 e. The van der Waals surface area contributed by atoms with Crippen molar-refractivity contribution >= 4 is 17.5 Å². The average molecular weight is 276 g/mol. The van der Waals surface area contributed by atoms with Crippen molar-refractivity contribution in [3.8, 4) is 0 Å². The van der Waals surface area contributed by atoms with Crippen LogP contribution >= 0.6 is 11.6 Å². The van der Waals surface area contributed by atoms with Gasteiger partial charge in [-0.2, -0.15) is 0 Å². The monoisotopic (exact) mass is 275 g/mol. The minimum Gasteiger partial charge on any atom is -0.349 e. The number of carbonyl (C=O) groups is 1. The van der Waals surface area contributed by atoms with Crippen molar-refractivity contribution in [2.75, 3.05) is 5.88 Å². The molecule has 0 radical (unpaired) electrons. The molecule has 0 saturated heterocycles. The van der Waals surface area contributed by atoms with E-state index < -0.39 is 17.7 Å². The van der Waals surface area contributed by atoms with Gasteiger partial charge in [-0.15, -0.1) is 11.6 Å². The van der Waals surface area contributed by atoms with E-state index in [9.17, 15) is 13.6 Å². The summed E-state index contributed by atoms with van der Waals surface area (Å²) in [5.74, 6) is -0.711. The Hall–Kier alpha value is -1.16. The highest BCUT2D eigenvalue weighted by Gasteiger charge is 2.14. The lowest BCUT2D eigenvalue weighted by Crippen LogP contribution is -2.27. The van der Waals surface area contributed by atoms with E-state index in [1.54, 1.807) is 6.92 Å². The first-order chi connectivity index (χ1) is 8.54. The number of rotatable bonds is 6. The van der Waals surface area contributed by atoms with E-state index in [1.165, 1.54) is 0 Å². The van der Waals surface area contributed by atoms with Crippen molar-refractivity contribution < 1.29 is 13.6 Å². The van der Waals surface area contributed by atoms with Crippen LogP contribution in [0.4, 0.5) is 8.78 Å². The molecule has 18 heavy (non-hydrogen) atoms. The van der Waals surface area contributed by atoms with Gasteiger partial charge in [-0.05, 0) is 38.0 Å². The van der Waals surface area contributed by atoms with Crippen molar-refractivity contribution in [1.29, 1.82) is 0 Å². The molecule has 0 aromatic heterocycles. The van der Waals surface area contributed by atoms with Gasteiger partial charge in [0.2, 0.25) is 5.91 Å². The zero-order valence-corrected chi connectivity index (χ0v) is 10.9. The molecule has 0 saturated carbocycles. The van der Waals surface area contributed by atoms with Crippen LogP contribution in [0.15, 0.2) is 18.2 Å². The molecule has 2 nitrogen and oxygen atoms in total. The van der Waals surface area contributed by atoms with Gasteiger partial charge in [0.1, 0.15) is 11.6 Å². The Morgan fingerprint density at radius 2 is 2.11 bits per heavy atom. The number of halogens is 3. The molecule has 1 amide bonds. The number of nitrogens with one attached hydrogen (secondary N) is 1. The Morgan fingerprint density at radius 3 is 2.78 bits per heavy atom. The Labute approximate surface area is 110 Å². The fraction of sp³-hybridized carbons (Fsp3) is 0.462. The van der Waals surface area contributed by atoms with E-state index in [1.807, 2.05) is 0 Å². The summed E-state index contributed by atoms with van der Waals surface area (Å²) in [4.78, 5) is 11.5. The van der Waals surface area contributed by atoms with E-state index in [0.717, 1.165) is 24.6 Å². The fourth-order valence-electron chi connectivity index (χ4n) is 1.62. The number of unbranched alkanes of at least 4 members (excludes halogenated alkanes) is 1. The zero-order valence-electron chi connectivity index (χ0n) is 10.2. The molecule has 0 aliphatic rings. The maximum absolute atomic E-state index is 13.4. The summed E-state index contributed by atoms with van der Waals surface area (Å²) in [5.41, 5.74) is 0.153. The van der Waals surface area contributed by atoms with Gasteiger partial charge in [-0.25, -0.2) is 8.78 Å². The second kappa shape index (κ2) is 7.31.